The Kier molecular flexibility index (Phi) is 9.71. The molecular formula is C18H27NO4. The number of carboxylic acids is 1. The number of Topliss-reactive ketones (excluding diaryl/α,β-unsaturated/α-hetero) is 1. The quantitative estimate of drug-likeness (QED) is 0.431. The van der Waals surface area contributed by atoms with E-state index in [1.807, 2.05) is 12.1 Å². The van der Waals surface area contributed by atoms with Crippen LogP contribution in [0.15, 0.2) is 24.3 Å². The third kappa shape index (κ3) is 8.98. The molecule has 0 fully saturated rings. The molecule has 128 valence electrons. The number of ketones is 1. The lowest BCUT2D eigenvalue weighted by molar-refractivity contribution is -0.137. The van der Waals surface area contributed by atoms with Gasteiger partial charge < -0.3 is 15.2 Å². The molecule has 0 heterocycles. The predicted molar refractivity (Wildman–Crippen MR) is 90.1 cm³/mol. The Bertz CT molecular complexity index is 470. The molecule has 0 bridgehead atoms. The van der Waals surface area contributed by atoms with Crippen LogP contribution in [0, 0.1) is 0 Å². The summed E-state index contributed by atoms with van der Waals surface area (Å²) in [5.74, 6) is 0.136. The Balaban J connectivity index is 2.18. The summed E-state index contributed by atoms with van der Waals surface area (Å²) in [7, 11) is 0. The molecule has 0 amide bonds. The first-order chi connectivity index (χ1) is 11.1. The number of aliphatic carboxylic acids is 1. The first-order valence-electron chi connectivity index (χ1n) is 8.32. The number of nitrogens with one attached hydrogen (secondary N) is 1. The van der Waals surface area contributed by atoms with Gasteiger partial charge in [0.1, 0.15) is 5.75 Å². The molecular weight excluding hydrogens is 294 g/mol. The fourth-order valence-corrected chi connectivity index (χ4v) is 2.07. The maximum absolute atomic E-state index is 12.0. The molecule has 5 heteroatoms. The second-order valence-electron chi connectivity index (χ2n) is 5.50. The average Bonchev–Trinajstić information content (AvgIpc) is 2.54. The number of hydrogen-bond donors (Lipinski definition) is 2. The lowest BCUT2D eigenvalue weighted by Crippen LogP contribution is -2.19. The van der Waals surface area contributed by atoms with Crippen LogP contribution in [-0.2, 0) is 4.79 Å². The second-order valence-corrected chi connectivity index (χ2v) is 5.50. The molecule has 2 N–H and O–H groups in total. The van der Waals surface area contributed by atoms with Crippen molar-refractivity contribution in [3.05, 3.63) is 29.8 Å². The Hall–Kier alpha value is -1.88. The molecule has 1 rings (SSSR count). The minimum atomic E-state index is -0.762. The number of ether oxygens (including phenoxy) is 1. The van der Waals surface area contributed by atoms with Gasteiger partial charge in [0, 0.05) is 24.9 Å². The molecule has 0 aliphatic heterocycles. The van der Waals surface area contributed by atoms with Crippen LogP contribution in [0.3, 0.4) is 0 Å². The van der Waals surface area contributed by atoms with Crippen molar-refractivity contribution >= 4 is 11.8 Å². The summed E-state index contributed by atoms with van der Waals surface area (Å²) in [4.78, 5) is 22.4. The minimum Gasteiger partial charge on any atom is -0.494 e. The van der Waals surface area contributed by atoms with Crippen molar-refractivity contribution in [3.8, 4) is 5.75 Å². The van der Waals surface area contributed by atoms with E-state index < -0.39 is 5.97 Å². The van der Waals surface area contributed by atoms with E-state index >= 15 is 0 Å². The third-order valence-electron chi connectivity index (χ3n) is 3.47. The zero-order chi connectivity index (χ0) is 16.9. The lowest BCUT2D eigenvalue weighted by Gasteiger charge is -2.07. The molecule has 0 atom stereocenters. The van der Waals surface area contributed by atoms with E-state index in [0.717, 1.165) is 31.6 Å². The highest BCUT2D eigenvalue weighted by molar-refractivity contribution is 5.96. The normalized spacial score (nSPS) is 10.5. The van der Waals surface area contributed by atoms with E-state index in [2.05, 4.69) is 12.2 Å². The van der Waals surface area contributed by atoms with E-state index in [9.17, 15) is 9.59 Å². The van der Waals surface area contributed by atoms with E-state index in [4.69, 9.17) is 9.84 Å². The second kappa shape index (κ2) is 11.7. The number of hydrogen-bond acceptors (Lipinski definition) is 4. The number of benzene rings is 1. The molecule has 0 saturated carbocycles. The van der Waals surface area contributed by atoms with Gasteiger partial charge >= 0.3 is 5.97 Å². The molecule has 1 aromatic carbocycles. The van der Waals surface area contributed by atoms with E-state index in [1.165, 1.54) is 0 Å². The number of carboxylic acid groups (broad SMARTS) is 1. The summed E-state index contributed by atoms with van der Waals surface area (Å²) in [6.07, 6.45) is 4.24. The summed E-state index contributed by atoms with van der Waals surface area (Å²) in [6.45, 7) is 4.17. The van der Waals surface area contributed by atoms with Crippen LogP contribution >= 0.6 is 0 Å². The van der Waals surface area contributed by atoms with Gasteiger partial charge in [-0.05, 0) is 50.1 Å². The maximum Gasteiger partial charge on any atom is 0.303 e. The van der Waals surface area contributed by atoms with Crippen molar-refractivity contribution in [2.45, 2.75) is 45.4 Å². The van der Waals surface area contributed by atoms with Crippen LogP contribution in [0.1, 0.15) is 55.8 Å². The molecule has 0 saturated heterocycles. The Morgan fingerprint density at radius 1 is 1.04 bits per heavy atom. The van der Waals surface area contributed by atoms with Crippen molar-refractivity contribution in [1.82, 2.24) is 5.32 Å². The first kappa shape index (κ1) is 19.2. The highest BCUT2D eigenvalue weighted by Gasteiger charge is 2.05. The fourth-order valence-electron chi connectivity index (χ4n) is 2.07. The van der Waals surface area contributed by atoms with Crippen molar-refractivity contribution in [2.75, 3.05) is 19.7 Å². The van der Waals surface area contributed by atoms with Gasteiger partial charge in [-0.25, -0.2) is 0 Å². The molecule has 0 unspecified atom stereocenters. The summed E-state index contributed by atoms with van der Waals surface area (Å²) >= 11 is 0. The van der Waals surface area contributed by atoms with Gasteiger partial charge in [0.25, 0.3) is 0 Å². The van der Waals surface area contributed by atoms with Gasteiger partial charge in [-0.2, -0.15) is 0 Å². The van der Waals surface area contributed by atoms with Crippen molar-refractivity contribution < 1.29 is 19.4 Å². The summed E-state index contributed by atoms with van der Waals surface area (Å²) in [6, 6.07) is 7.28. The van der Waals surface area contributed by atoms with Crippen LogP contribution < -0.4 is 10.1 Å². The first-order valence-corrected chi connectivity index (χ1v) is 8.32. The average molecular weight is 321 g/mol. The molecule has 0 spiro atoms. The molecule has 0 aliphatic carbocycles. The highest BCUT2D eigenvalue weighted by Crippen LogP contribution is 2.13. The summed E-state index contributed by atoms with van der Waals surface area (Å²) in [5.41, 5.74) is 0.695. The monoisotopic (exact) mass is 321 g/mol. The smallest absolute Gasteiger partial charge is 0.303 e. The zero-order valence-electron chi connectivity index (χ0n) is 13.8. The van der Waals surface area contributed by atoms with Gasteiger partial charge in [0.2, 0.25) is 0 Å². The van der Waals surface area contributed by atoms with Gasteiger partial charge in [0.15, 0.2) is 5.78 Å². The third-order valence-corrected chi connectivity index (χ3v) is 3.47. The fraction of sp³-hybridized carbons (Fsp3) is 0.556. The van der Waals surface area contributed by atoms with E-state index in [-0.39, 0.29) is 12.2 Å². The molecule has 0 aliphatic rings. The van der Waals surface area contributed by atoms with Crippen molar-refractivity contribution in [1.29, 1.82) is 0 Å². The molecule has 1 aromatic rings. The van der Waals surface area contributed by atoms with Gasteiger partial charge in [-0.15, -0.1) is 0 Å². The largest absolute Gasteiger partial charge is 0.494 e. The van der Waals surface area contributed by atoms with Gasteiger partial charge in [0.05, 0.1) is 6.61 Å². The topological polar surface area (TPSA) is 75.6 Å². The standard InChI is InChI=1S/C18H27NO4/c1-2-3-14-23-16-9-7-15(8-10-16)17(20)11-13-19-12-5-4-6-18(21)22/h7-10,19H,2-6,11-14H2,1H3,(H,21,22). The minimum absolute atomic E-state index is 0.100. The van der Waals surface area contributed by atoms with Crippen molar-refractivity contribution in [3.63, 3.8) is 0 Å². The molecule has 5 nitrogen and oxygen atoms in total. The number of rotatable bonds is 13. The Labute approximate surface area is 138 Å². The summed E-state index contributed by atoms with van der Waals surface area (Å²) < 4.78 is 5.57. The number of carbonyl (C=O) groups excluding carboxylic acids is 1. The SMILES string of the molecule is CCCCOc1ccc(C(=O)CCNCCCCC(=O)O)cc1. The maximum atomic E-state index is 12.0. The zero-order valence-corrected chi connectivity index (χ0v) is 13.8. The van der Waals surface area contributed by atoms with Crippen LogP contribution in [0.2, 0.25) is 0 Å². The molecule has 23 heavy (non-hydrogen) atoms. The lowest BCUT2D eigenvalue weighted by atomic mass is 10.1. The Morgan fingerprint density at radius 3 is 2.43 bits per heavy atom. The van der Waals surface area contributed by atoms with Crippen LogP contribution in [-0.4, -0.2) is 36.6 Å². The van der Waals surface area contributed by atoms with E-state index in [1.54, 1.807) is 12.1 Å². The highest BCUT2D eigenvalue weighted by atomic mass is 16.5. The number of unbranched alkanes of at least 4 members (excludes halogenated alkanes) is 2. The van der Waals surface area contributed by atoms with Crippen molar-refractivity contribution in [2.24, 2.45) is 0 Å². The Morgan fingerprint density at radius 2 is 1.78 bits per heavy atom. The molecule has 0 radical (unpaired) electrons. The van der Waals surface area contributed by atoms with Gasteiger partial charge in [-0.1, -0.05) is 13.3 Å². The molecule has 0 aromatic heterocycles. The van der Waals surface area contributed by atoms with Crippen LogP contribution in [0.5, 0.6) is 5.75 Å². The van der Waals surface area contributed by atoms with E-state index in [0.29, 0.717) is 31.6 Å². The number of carbonyl (C=O) groups is 2. The van der Waals surface area contributed by atoms with Crippen LogP contribution in [0.4, 0.5) is 0 Å². The predicted octanol–water partition coefficient (Wildman–Crippen LogP) is 3.28. The van der Waals surface area contributed by atoms with Crippen LogP contribution in [0.25, 0.3) is 0 Å². The van der Waals surface area contributed by atoms with Gasteiger partial charge in [-0.3, -0.25) is 9.59 Å². The summed E-state index contributed by atoms with van der Waals surface area (Å²) in [5, 5.41) is 11.7.